The van der Waals surface area contributed by atoms with Crippen molar-refractivity contribution in [3.63, 3.8) is 0 Å². The molecule has 0 saturated heterocycles. The molecule has 8 heteroatoms. The molecule has 0 saturated carbocycles. The van der Waals surface area contributed by atoms with Crippen molar-refractivity contribution in [2.45, 2.75) is 11.8 Å². The van der Waals surface area contributed by atoms with Crippen molar-refractivity contribution in [3.8, 4) is 11.1 Å². The molecule has 1 atom stereocenters. The lowest BCUT2D eigenvalue weighted by Gasteiger charge is -2.32. The van der Waals surface area contributed by atoms with Gasteiger partial charge in [0.15, 0.2) is 0 Å². The largest absolute Gasteiger partial charge is 0.477 e. The Morgan fingerprint density at radius 2 is 1.87 bits per heavy atom. The van der Waals surface area contributed by atoms with Gasteiger partial charge in [-0.25, -0.2) is 4.79 Å². The van der Waals surface area contributed by atoms with E-state index in [1.54, 1.807) is 36.2 Å². The standard InChI is InChI=1S/C22H15ClN2O4S/c1-25-14-5-3-2-4-13(14)22(21(25)29)10-15(26)24-17-16(11-6-8-12(23)9-7-11)18(20(27)28)30-19(17)22/h2-9H,10H2,1H3,(H,24,26)(H,27,28)/t22-/m1/s1. The minimum absolute atomic E-state index is 0.0696. The van der Waals surface area contributed by atoms with Crippen LogP contribution in [0.4, 0.5) is 11.4 Å². The predicted octanol–water partition coefficient (Wildman–Crippen LogP) is 4.37. The molecule has 0 bridgehead atoms. The smallest absolute Gasteiger partial charge is 0.346 e. The fraction of sp³-hybridized carbons (Fsp3) is 0.136. The van der Waals surface area contributed by atoms with Gasteiger partial charge >= 0.3 is 5.97 Å². The Balaban J connectivity index is 1.85. The summed E-state index contributed by atoms with van der Waals surface area (Å²) >= 11 is 7.04. The highest BCUT2D eigenvalue weighted by molar-refractivity contribution is 7.15. The third-order valence-electron chi connectivity index (χ3n) is 5.71. The topological polar surface area (TPSA) is 86.7 Å². The second-order valence-corrected chi connectivity index (χ2v) is 8.79. The van der Waals surface area contributed by atoms with Gasteiger partial charge in [-0.05, 0) is 29.3 Å². The number of aromatic carboxylic acids is 1. The molecular weight excluding hydrogens is 424 g/mol. The predicted molar refractivity (Wildman–Crippen MR) is 116 cm³/mol. The van der Waals surface area contributed by atoms with Gasteiger partial charge in [0.1, 0.15) is 10.3 Å². The lowest BCUT2D eigenvalue weighted by atomic mass is 9.74. The number of amides is 2. The number of nitrogens with one attached hydrogen (secondary N) is 1. The molecule has 5 rings (SSSR count). The number of carbonyl (C=O) groups excluding carboxylic acids is 2. The van der Waals surface area contributed by atoms with Crippen molar-refractivity contribution in [1.82, 2.24) is 0 Å². The minimum atomic E-state index is -1.23. The number of para-hydroxylation sites is 1. The number of anilines is 2. The van der Waals surface area contributed by atoms with Crippen LogP contribution >= 0.6 is 22.9 Å². The van der Waals surface area contributed by atoms with Crippen molar-refractivity contribution in [2.75, 3.05) is 17.3 Å². The fourth-order valence-electron chi connectivity index (χ4n) is 4.43. The van der Waals surface area contributed by atoms with Gasteiger partial charge in [0, 0.05) is 23.3 Å². The van der Waals surface area contributed by atoms with Crippen LogP contribution in [0.3, 0.4) is 0 Å². The molecule has 2 N–H and O–H groups in total. The Kier molecular flexibility index (Phi) is 4.03. The van der Waals surface area contributed by atoms with Crippen LogP contribution in [0, 0.1) is 0 Å². The fourth-order valence-corrected chi connectivity index (χ4v) is 5.86. The molecule has 0 radical (unpaired) electrons. The maximum Gasteiger partial charge on any atom is 0.346 e. The molecule has 1 spiro atoms. The number of thiophene rings is 1. The third kappa shape index (κ3) is 2.39. The summed E-state index contributed by atoms with van der Waals surface area (Å²) in [7, 11) is 1.67. The third-order valence-corrected chi connectivity index (χ3v) is 7.30. The van der Waals surface area contributed by atoms with Crippen LogP contribution in [0.15, 0.2) is 48.5 Å². The summed E-state index contributed by atoms with van der Waals surface area (Å²) in [6.07, 6.45) is -0.0696. The molecule has 3 aromatic rings. The van der Waals surface area contributed by atoms with Gasteiger partial charge in [0.2, 0.25) is 11.8 Å². The number of carboxylic acids is 1. The average molecular weight is 439 g/mol. The number of carboxylic acid groups (broad SMARTS) is 1. The highest BCUT2D eigenvalue weighted by Gasteiger charge is 2.57. The highest BCUT2D eigenvalue weighted by Crippen LogP contribution is 2.57. The Morgan fingerprint density at radius 3 is 2.57 bits per heavy atom. The van der Waals surface area contributed by atoms with Crippen LogP contribution < -0.4 is 10.2 Å². The maximum atomic E-state index is 13.5. The van der Waals surface area contributed by atoms with E-state index >= 15 is 0 Å². The molecule has 6 nitrogen and oxygen atoms in total. The van der Waals surface area contributed by atoms with E-state index in [1.165, 1.54) is 0 Å². The normalized spacial score (nSPS) is 19.6. The van der Waals surface area contributed by atoms with E-state index in [1.807, 2.05) is 24.3 Å². The number of nitrogens with zero attached hydrogens (tertiary/aromatic N) is 1. The van der Waals surface area contributed by atoms with Crippen LogP contribution in [0.25, 0.3) is 11.1 Å². The molecule has 30 heavy (non-hydrogen) atoms. The molecule has 2 aliphatic rings. The second-order valence-electron chi connectivity index (χ2n) is 7.33. The summed E-state index contributed by atoms with van der Waals surface area (Å²) in [4.78, 5) is 40.6. The maximum absolute atomic E-state index is 13.5. The molecule has 0 aliphatic carbocycles. The Morgan fingerprint density at radius 1 is 1.17 bits per heavy atom. The molecule has 2 aliphatic heterocycles. The first-order chi connectivity index (χ1) is 14.3. The molecule has 3 heterocycles. The van der Waals surface area contributed by atoms with Gasteiger partial charge in [-0.1, -0.05) is 41.9 Å². The number of likely N-dealkylation sites (N-methyl/N-ethyl adjacent to an activating group) is 1. The first-order valence-electron chi connectivity index (χ1n) is 9.18. The van der Waals surface area contributed by atoms with Crippen LogP contribution in [0.1, 0.15) is 26.5 Å². The van der Waals surface area contributed by atoms with E-state index in [9.17, 15) is 19.5 Å². The zero-order chi connectivity index (χ0) is 21.2. The number of fused-ring (bicyclic) bond motifs is 4. The van der Waals surface area contributed by atoms with Crippen molar-refractivity contribution in [2.24, 2.45) is 0 Å². The average Bonchev–Trinajstić information content (AvgIpc) is 3.20. The van der Waals surface area contributed by atoms with Gasteiger partial charge in [0.05, 0.1) is 17.0 Å². The Labute approximate surface area is 180 Å². The van der Waals surface area contributed by atoms with Gasteiger partial charge in [0.25, 0.3) is 0 Å². The summed E-state index contributed by atoms with van der Waals surface area (Å²) in [5.74, 6) is -1.68. The van der Waals surface area contributed by atoms with E-state index in [0.29, 0.717) is 26.7 Å². The summed E-state index contributed by atoms with van der Waals surface area (Å²) < 4.78 is 0. The van der Waals surface area contributed by atoms with Crippen LogP contribution in [-0.2, 0) is 15.0 Å². The summed E-state index contributed by atoms with van der Waals surface area (Å²) in [6.45, 7) is 0. The van der Waals surface area contributed by atoms with Crippen molar-refractivity contribution >= 4 is 52.1 Å². The van der Waals surface area contributed by atoms with E-state index in [-0.39, 0.29) is 23.1 Å². The summed E-state index contributed by atoms with van der Waals surface area (Å²) in [5.41, 5.74) is 1.60. The second kappa shape index (κ2) is 6.42. The summed E-state index contributed by atoms with van der Waals surface area (Å²) in [6, 6.07) is 14.1. The lowest BCUT2D eigenvalue weighted by molar-refractivity contribution is -0.126. The summed E-state index contributed by atoms with van der Waals surface area (Å²) in [5, 5.41) is 13.3. The van der Waals surface area contributed by atoms with Gasteiger partial charge < -0.3 is 15.3 Å². The lowest BCUT2D eigenvalue weighted by Crippen LogP contribution is -2.45. The number of hydrogen-bond donors (Lipinski definition) is 2. The minimum Gasteiger partial charge on any atom is -0.477 e. The van der Waals surface area contributed by atoms with E-state index in [0.717, 1.165) is 22.6 Å². The highest BCUT2D eigenvalue weighted by atomic mass is 35.5. The SMILES string of the molecule is CN1C(=O)[C@]2(CC(=O)Nc3c2sc(C(=O)O)c3-c2ccc(Cl)cc2)c2ccccc21. The molecule has 0 fully saturated rings. The quantitative estimate of drug-likeness (QED) is 0.622. The van der Waals surface area contributed by atoms with Crippen LogP contribution in [-0.4, -0.2) is 29.9 Å². The van der Waals surface area contributed by atoms with Crippen LogP contribution in [0.5, 0.6) is 0 Å². The Bertz CT molecular complexity index is 1250. The molecular formula is C22H15ClN2O4S. The molecule has 150 valence electrons. The number of hydrogen-bond acceptors (Lipinski definition) is 4. The van der Waals surface area contributed by atoms with Crippen molar-refractivity contribution in [1.29, 1.82) is 0 Å². The number of rotatable bonds is 2. The molecule has 1 aromatic heterocycles. The van der Waals surface area contributed by atoms with Gasteiger partial charge in [-0.15, -0.1) is 11.3 Å². The number of halogens is 1. The van der Waals surface area contributed by atoms with E-state index in [4.69, 9.17) is 11.6 Å². The van der Waals surface area contributed by atoms with E-state index < -0.39 is 11.4 Å². The van der Waals surface area contributed by atoms with Crippen molar-refractivity contribution < 1.29 is 19.5 Å². The van der Waals surface area contributed by atoms with Gasteiger partial charge in [-0.3, -0.25) is 9.59 Å². The first kappa shape index (κ1) is 18.8. The zero-order valence-corrected chi connectivity index (χ0v) is 17.3. The number of carbonyl (C=O) groups is 3. The first-order valence-corrected chi connectivity index (χ1v) is 10.4. The van der Waals surface area contributed by atoms with Crippen molar-refractivity contribution in [3.05, 3.63) is 68.9 Å². The van der Waals surface area contributed by atoms with E-state index in [2.05, 4.69) is 5.32 Å². The number of benzene rings is 2. The molecule has 0 unspecified atom stereocenters. The molecule has 2 aromatic carbocycles. The monoisotopic (exact) mass is 438 g/mol. The zero-order valence-electron chi connectivity index (χ0n) is 15.7. The van der Waals surface area contributed by atoms with Crippen LogP contribution in [0.2, 0.25) is 5.02 Å². The Hall–Kier alpha value is -3.16. The van der Waals surface area contributed by atoms with Gasteiger partial charge in [-0.2, -0.15) is 0 Å². The molecule has 2 amide bonds.